The van der Waals surface area contributed by atoms with Gasteiger partial charge in [0.1, 0.15) is 0 Å². The van der Waals surface area contributed by atoms with E-state index in [1.165, 1.54) is 49.7 Å². The maximum Gasteiger partial charge on any atom is 0.0177 e. The smallest absolute Gasteiger partial charge is 0.0177 e. The summed E-state index contributed by atoms with van der Waals surface area (Å²) in [5, 5.41) is 0. The van der Waals surface area contributed by atoms with Crippen molar-refractivity contribution >= 4 is 15.9 Å². The predicted molar refractivity (Wildman–Crippen MR) is 74.2 cm³/mol. The molecule has 1 fully saturated rings. The minimum absolute atomic E-state index is 0.733. The molecular formula is C15H21Br. The van der Waals surface area contributed by atoms with Crippen LogP contribution in [0, 0.1) is 12.8 Å². The summed E-state index contributed by atoms with van der Waals surface area (Å²) in [5.74, 6) is 0.838. The summed E-state index contributed by atoms with van der Waals surface area (Å²) < 4.78 is 0. The average molecular weight is 281 g/mol. The second-order valence-corrected chi connectivity index (χ2v) is 6.28. The van der Waals surface area contributed by atoms with Gasteiger partial charge in [0.15, 0.2) is 0 Å². The number of alkyl halides is 1. The lowest BCUT2D eigenvalue weighted by Gasteiger charge is -2.19. The van der Waals surface area contributed by atoms with Gasteiger partial charge in [0.25, 0.3) is 0 Å². The summed E-state index contributed by atoms with van der Waals surface area (Å²) in [4.78, 5) is 0.733. The Labute approximate surface area is 108 Å². The average Bonchev–Trinajstić information content (AvgIpc) is 2.48. The van der Waals surface area contributed by atoms with Crippen molar-refractivity contribution in [2.45, 2.75) is 50.3 Å². The van der Waals surface area contributed by atoms with Gasteiger partial charge in [-0.15, -0.1) is 0 Å². The van der Waals surface area contributed by atoms with Crippen LogP contribution in [-0.2, 0) is 6.42 Å². The molecule has 0 bridgehead atoms. The van der Waals surface area contributed by atoms with Crippen LogP contribution < -0.4 is 0 Å². The Bertz CT molecular complexity index is 315. The summed E-state index contributed by atoms with van der Waals surface area (Å²) in [6, 6.07) is 9.05. The minimum atomic E-state index is 0.733. The van der Waals surface area contributed by atoms with Crippen LogP contribution in [0.4, 0.5) is 0 Å². The molecule has 0 amide bonds. The number of hydrogen-bond acceptors (Lipinski definition) is 0. The van der Waals surface area contributed by atoms with Crippen molar-refractivity contribution in [2.24, 2.45) is 5.92 Å². The first-order valence-corrected chi connectivity index (χ1v) is 7.37. The zero-order chi connectivity index (χ0) is 11.4. The molecule has 2 atom stereocenters. The highest BCUT2D eigenvalue weighted by Gasteiger charge is 2.21. The third-order valence-electron chi connectivity index (χ3n) is 3.68. The van der Waals surface area contributed by atoms with E-state index in [2.05, 4.69) is 47.1 Å². The third-order valence-corrected chi connectivity index (χ3v) is 4.89. The maximum absolute atomic E-state index is 3.88. The van der Waals surface area contributed by atoms with Gasteiger partial charge < -0.3 is 0 Å². The molecule has 1 heteroatoms. The van der Waals surface area contributed by atoms with Crippen LogP contribution >= 0.6 is 15.9 Å². The lowest BCUT2D eigenvalue weighted by atomic mass is 9.92. The van der Waals surface area contributed by atoms with Crippen molar-refractivity contribution in [2.75, 3.05) is 0 Å². The first-order valence-electron chi connectivity index (χ1n) is 6.45. The number of halogens is 1. The van der Waals surface area contributed by atoms with E-state index >= 15 is 0 Å². The Balaban J connectivity index is 1.99. The number of rotatable bonds is 2. The SMILES string of the molecule is Cc1ccc(CC2CCCCCC2Br)cc1. The van der Waals surface area contributed by atoms with Crippen molar-refractivity contribution in [3.8, 4) is 0 Å². The van der Waals surface area contributed by atoms with Crippen LogP contribution in [-0.4, -0.2) is 4.83 Å². The second kappa shape index (κ2) is 5.86. The fourth-order valence-electron chi connectivity index (χ4n) is 2.60. The van der Waals surface area contributed by atoms with Gasteiger partial charge in [0, 0.05) is 4.83 Å². The molecular weight excluding hydrogens is 260 g/mol. The second-order valence-electron chi connectivity index (χ2n) is 5.10. The molecule has 1 aromatic carbocycles. The zero-order valence-corrected chi connectivity index (χ0v) is 11.7. The maximum atomic E-state index is 3.88. The Morgan fingerprint density at radius 2 is 1.75 bits per heavy atom. The minimum Gasteiger partial charge on any atom is -0.0888 e. The summed E-state index contributed by atoms with van der Waals surface area (Å²) in [6.07, 6.45) is 8.24. The molecule has 1 aliphatic carbocycles. The van der Waals surface area contributed by atoms with Gasteiger partial charge in [-0.25, -0.2) is 0 Å². The molecule has 0 aromatic heterocycles. The molecule has 2 unspecified atom stereocenters. The quantitative estimate of drug-likeness (QED) is 0.535. The first-order chi connectivity index (χ1) is 7.75. The molecule has 0 heterocycles. The van der Waals surface area contributed by atoms with Crippen LogP contribution in [0.25, 0.3) is 0 Å². The Kier molecular flexibility index (Phi) is 4.45. The van der Waals surface area contributed by atoms with Crippen LogP contribution in [0.15, 0.2) is 24.3 Å². The van der Waals surface area contributed by atoms with Gasteiger partial charge in [0.2, 0.25) is 0 Å². The molecule has 0 saturated heterocycles. The summed E-state index contributed by atoms with van der Waals surface area (Å²) in [6.45, 7) is 2.16. The molecule has 0 radical (unpaired) electrons. The van der Waals surface area contributed by atoms with E-state index in [4.69, 9.17) is 0 Å². The van der Waals surface area contributed by atoms with Crippen molar-refractivity contribution in [1.82, 2.24) is 0 Å². The topological polar surface area (TPSA) is 0 Å². The van der Waals surface area contributed by atoms with E-state index in [1.54, 1.807) is 0 Å². The lowest BCUT2D eigenvalue weighted by Crippen LogP contribution is -2.15. The van der Waals surface area contributed by atoms with E-state index in [9.17, 15) is 0 Å². The van der Waals surface area contributed by atoms with Gasteiger partial charge in [0.05, 0.1) is 0 Å². The monoisotopic (exact) mass is 280 g/mol. The van der Waals surface area contributed by atoms with E-state index < -0.39 is 0 Å². The van der Waals surface area contributed by atoms with Gasteiger partial charge in [-0.3, -0.25) is 0 Å². The number of benzene rings is 1. The van der Waals surface area contributed by atoms with Crippen molar-refractivity contribution in [3.63, 3.8) is 0 Å². The van der Waals surface area contributed by atoms with E-state index in [-0.39, 0.29) is 0 Å². The molecule has 0 N–H and O–H groups in total. The molecule has 0 spiro atoms. The van der Waals surface area contributed by atoms with Crippen LogP contribution in [0.5, 0.6) is 0 Å². The first kappa shape index (κ1) is 12.2. The summed E-state index contributed by atoms with van der Waals surface area (Å²) in [7, 11) is 0. The van der Waals surface area contributed by atoms with Gasteiger partial charge in [-0.05, 0) is 37.7 Å². The van der Waals surface area contributed by atoms with Crippen LogP contribution in [0.3, 0.4) is 0 Å². The van der Waals surface area contributed by atoms with E-state index in [0.29, 0.717) is 0 Å². The molecule has 2 rings (SSSR count). The van der Waals surface area contributed by atoms with Crippen molar-refractivity contribution < 1.29 is 0 Å². The highest BCUT2D eigenvalue weighted by molar-refractivity contribution is 9.09. The highest BCUT2D eigenvalue weighted by atomic mass is 79.9. The predicted octanol–water partition coefficient (Wildman–Crippen LogP) is 4.88. The fourth-order valence-corrected chi connectivity index (χ4v) is 3.37. The molecule has 16 heavy (non-hydrogen) atoms. The van der Waals surface area contributed by atoms with Crippen LogP contribution in [0.2, 0.25) is 0 Å². The molecule has 0 nitrogen and oxygen atoms in total. The fraction of sp³-hybridized carbons (Fsp3) is 0.600. The van der Waals surface area contributed by atoms with Crippen molar-refractivity contribution in [3.05, 3.63) is 35.4 Å². The Morgan fingerprint density at radius 1 is 1.06 bits per heavy atom. The zero-order valence-electron chi connectivity index (χ0n) is 10.1. The van der Waals surface area contributed by atoms with Gasteiger partial charge >= 0.3 is 0 Å². The van der Waals surface area contributed by atoms with E-state index in [0.717, 1.165) is 10.7 Å². The summed E-state index contributed by atoms with van der Waals surface area (Å²) >= 11 is 3.88. The number of hydrogen-bond donors (Lipinski definition) is 0. The van der Waals surface area contributed by atoms with Gasteiger partial charge in [-0.1, -0.05) is 65.0 Å². The summed E-state index contributed by atoms with van der Waals surface area (Å²) in [5.41, 5.74) is 2.86. The largest absolute Gasteiger partial charge is 0.0888 e. The molecule has 1 aromatic rings. The highest BCUT2D eigenvalue weighted by Crippen LogP contribution is 2.31. The van der Waals surface area contributed by atoms with Gasteiger partial charge in [-0.2, -0.15) is 0 Å². The van der Waals surface area contributed by atoms with Crippen molar-refractivity contribution in [1.29, 1.82) is 0 Å². The number of aryl methyl sites for hydroxylation is 1. The van der Waals surface area contributed by atoms with Crippen LogP contribution in [0.1, 0.15) is 43.2 Å². The standard InChI is InChI=1S/C15H21Br/c1-12-7-9-13(10-8-12)11-14-5-3-2-4-6-15(14)16/h7-10,14-15H,2-6,11H2,1H3. The normalized spacial score (nSPS) is 26.4. The molecule has 1 aliphatic rings. The molecule has 88 valence electrons. The molecule has 0 aliphatic heterocycles. The third kappa shape index (κ3) is 3.35. The lowest BCUT2D eigenvalue weighted by molar-refractivity contribution is 0.475. The molecule has 1 saturated carbocycles. The van der Waals surface area contributed by atoms with E-state index in [1.807, 2.05) is 0 Å². The Morgan fingerprint density at radius 3 is 2.50 bits per heavy atom. The Hall–Kier alpha value is -0.300.